The van der Waals surface area contributed by atoms with Crippen LogP contribution in [0.4, 0.5) is 0 Å². The number of likely N-dealkylation sites (tertiary alicyclic amines) is 1. The Balaban J connectivity index is 1.45. The molecule has 1 N–H and O–H groups in total. The van der Waals surface area contributed by atoms with Crippen LogP contribution >= 0.6 is 0 Å². The predicted molar refractivity (Wildman–Crippen MR) is 100 cm³/mol. The molecule has 0 spiro atoms. The molecule has 2 aliphatic rings. The predicted octanol–water partition coefficient (Wildman–Crippen LogP) is 1.44. The maximum atomic E-state index is 5.93. The van der Waals surface area contributed by atoms with Gasteiger partial charge in [-0.3, -0.25) is 9.89 Å². The van der Waals surface area contributed by atoms with Gasteiger partial charge in [0.1, 0.15) is 11.9 Å². The minimum atomic E-state index is 0.0804. The first kappa shape index (κ1) is 18.0. The Kier molecular flexibility index (Phi) is 6.53. The van der Waals surface area contributed by atoms with Gasteiger partial charge in [-0.2, -0.15) is 0 Å². The molecule has 3 rings (SSSR count). The largest absolute Gasteiger partial charge is 0.489 e. The van der Waals surface area contributed by atoms with Crippen LogP contribution in [0.15, 0.2) is 35.3 Å². The highest BCUT2D eigenvalue weighted by Crippen LogP contribution is 2.17. The second-order valence-corrected chi connectivity index (χ2v) is 6.71. The Morgan fingerprint density at radius 2 is 2.04 bits per heavy atom. The molecule has 0 amide bonds. The van der Waals surface area contributed by atoms with Crippen molar-refractivity contribution in [1.82, 2.24) is 15.1 Å². The normalized spacial score (nSPS) is 23.5. The number of hydrogen-bond acceptors (Lipinski definition) is 4. The van der Waals surface area contributed by atoms with Crippen LogP contribution in [0.25, 0.3) is 0 Å². The third-order valence-corrected chi connectivity index (χ3v) is 4.86. The van der Waals surface area contributed by atoms with E-state index in [9.17, 15) is 0 Å². The Labute approximate surface area is 150 Å². The third-order valence-electron chi connectivity index (χ3n) is 4.86. The Bertz CT molecular complexity index is 546. The van der Waals surface area contributed by atoms with Crippen LogP contribution in [-0.4, -0.2) is 80.9 Å². The van der Waals surface area contributed by atoms with Crippen LogP contribution in [0, 0.1) is 0 Å². The minimum absolute atomic E-state index is 0.0804. The van der Waals surface area contributed by atoms with Gasteiger partial charge in [0, 0.05) is 39.3 Å². The maximum Gasteiger partial charge on any atom is 0.193 e. The van der Waals surface area contributed by atoms with E-state index in [1.54, 1.807) is 0 Å². The first-order valence-corrected chi connectivity index (χ1v) is 9.25. The van der Waals surface area contributed by atoms with Crippen LogP contribution in [0.3, 0.4) is 0 Å². The maximum absolute atomic E-state index is 5.93. The molecule has 6 heteroatoms. The average Bonchev–Trinajstić information content (AvgIpc) is 3.14. The van der Waals surface area contributed by atoms with Gasteiger partial charge in [0.15, 0.2) is 5.96 Å². The van der Waals surface area contributed by atoms with Crippen molar-refractivity contribution in [3.63, 3.8) is 0 Å². The molecule has 2 unspecified atom stereocenters. The lowest BCUT2D eigenvalue weighted by molar-refractivity contribution is 0.0194. The summed E-state index contributed by atoms with van der Waals surface area (Å²) in [4.78, 5) is 9.37. The van der Waals surface area contributed by atoms with Crippen LogP contribution < -0.4 is 10.1 Å². The Hall–Kier alpha value is -1.79. The van der Waals surface area contributed by atoms with Crippen molar-refractivity contribution < 1.29 is 9.47 Å². The number of morpholine rings is 1. The van der Waals surface area contributed by atoms with Crippen molar-refractivity contribution in [2.45, 2.75) is 25.5 Å². The van der Waals surface area contributed by atoms with E-state index in [2.05, 4.69) is 27.0 Å². The first-order valence-electron chi connectivity index (χ1n) is 9.25. The second-order valence-electron chi connectivity index (χ2n) is 6.71. The molecule has 0 aliphatic carbocycles. The fraction of sp³-hybridized carbons (Fsp3) is 0.632. The molecule has 2 heterocycles. The van der Waals surface area contributed by atoms with Gasteiger partial charge in [-0.1, -0.05) is 18.2 Å². The van der Waals surface area contributed by atoms with E-state index in [1.807, 2.05) is 37.4 Å². The number of hydrogen-bond donors (Lipinski definition) is 1. The van der Waals surface area contributed by atoms with Crippen molar-refractivity contribution >= 4 is 5.96 Å². The molecule has 2 saturated heterocycles. The van der Waals surface area contributed by atoms with Gasteiger partial charge >= 0.3 is 0 Å². The SMILES string of the molecule is CN=C(NCC(C)Oc1ccccc1)N1CCC(N2CCOCC2)C1. The molecule has 0 bridgehead atoms. The van der Waals surface area contributed by atoms with Gasteiger partial charge in [0.2, 0.25) is 0 Å². The molecule has 2 atom stereocenters. The van der Waals surface area contributed by atoms with Gasteiger partial charge < -0.3 is 19.7 Å². The fourth-order valence-corrected chi connectivity index (χ4v) is 3.52. The van der Waals surface area contributed by atoms with E-state index in [-0.39, 0.29) is 6.10 Å². The fourth-order valence-electron chi connectivity index (χ4n) is 3.52. The van der Waals surface area contributed by atoms with Gasteiger partial charge in [0.05, 0.1) is 19.8 Å². The lowest BCUT2D eigenvalue weighted by Crippen LogP contribution is -2.47. The van der Waals surface area contributed by atoms with Crippen LogP contribution in [0.2, 0.25) is 0 Å². The number of benzene rings is 1. The molecule has 0 saturated carbocycles. The van der Waals surface area contributed by atoms with Crippen LogP contribution in [0.5, 0.6) is 5.75 Å². The molecule has 2 fully saturated rings. The first-order chi connectivity index (χ1) is 12.3. The van der Waals surface area contributed by atoms with E-state index >= 15 is 0 Å². The summed E-state index contributed by atoms with van der Waals surface area (Å²) in [7, 11) is 1.85. The van der Waals surface area contributed by atoms with Gasteiger partial charge in [-0.15, -0.1) is 0 Å². The third kappa shape index (κ3) is 5.09. The molecular formula is C19H30N4O2. The molecular weight excluding hydrogens is 316 g/mol. The van der Waals surface area contributed by atoms with Crippen molar-refractivity contribution in [1.29, 1.82) is 0 Å². The molecule has 1 aromatic carbocycles. The van der Waals surface area contributed by atoms with E-state index < -0.39 is 0 Å². The smallest absolute Gasteiger partial charge is 0.193 e. The molecule has 138 valence electrons. The topological polar surface area (TPSA) is 49.3 Å². The lowest BCUT2D eigenvalue weighted by atomic mass is 10.2. The number of nitrogens with one attached hydrogen (secondary N) is 1. The van der Waals surface area contributed by atoms with E-state index in [4.69, 9.17) is 9.47 Å². The van der Waals surface area contributed by atoms with E-state index in [0.717, 1.165) is 57.6 Å². The monoisotopic (exact) mass is 346 g/mol. The summed E-state index contributed by atoms with van der Waals surface area (Å²) in [5.74, 6) is 1.87. The molecule has 6 nitrogen and oxygen atoms in total. The van der Waals surface area contributed by atoms with E-state index in [0.29, 0.717) is 6.04 Å². The number of nitrogens with zero attached hydrogens (tertiary/aromatic N) is 3. The summed E-state index contributed by atoms with van der Waals surface area (Å²) < 4.78 is 11.4. The summed E-state index contributed by atoms with van der Waals surface area (Å²) in [6.07, 6.45) is 1.27. The average molecular weight is 346 g/mol. The highest BCUT2D eigenvalue weighted by atomic mass is 16.5. The highest BCUT2D eigenvalue weighted by Gasteiger charge is 2.30. The quantitative estimate of drug-likeness (QED) is 0.646. The van der Waals surface area contributed by atoms with Crippen molar-refractivity contribution in [3.8, 4) is 5.75 Å². The standard InChI is InChI=1S/C19H30N4O2/c1-16(25-18-6-4-3-5-7-18)14-21-19(20-2)23-9-8-17(15-23)22-10-12-24-13-11-22/h3-7,16-17H,8-15H2,1-2H3,(H,20,21). The number of aliphatic imine (C=N–C) groups is 1. The molecule has 1 aromatic rings. The number of ether oxygens (including phenoxy) is 2. The zero-order valence-electron chi connectivity index (χ0n) is 15.4. The molecule has 25 heavy (non-hydrogen) atoms. The van der Waals surface area contributed by atoms with Gasteiger partial charge in [-0.25, -0.2) is 0 Å². The Morgan fingerprint density at radius 1 is 1.28 bits per heavy atom. The van der Waals surface area contributed by atoms with Gasteiger partial charge in [0.25, 0.3) is 0 Å². The minimum Gasteiger partial charge on any atom is -0.489 e. The van der Waals surface area contributed by atoms with Gasteiger partial charge in [-0.05, 0) is 25.5 Å². The second kappa shape index (κ2) is 9.06. The number of guanidine groups is 1. The van der Waals surface area contributed by atoms with Crippen molar-refractivity contribution in [3.05, 3.63) is 30.3 Å². The lowest BCUT2D eigenvalue weighted by Gasteiger charge is -2.32. The van der Waals surface area contributed by atoms with E-state index in [1.165, 1.54) is 6.42 Å². The van der Waals surface area contributed by atoms with Crippen LogP contribution in [0.1, 0.15) is 13.3 Å². The highest BCUT2D eigenvalue weighted by molar-refractivity contribution is 5.80. The summed E-state index contributed by atoms with van der Waals surface area (Å²) in [5, 5.41) is 3.46. The zero-order valence-corrected chi connectivity index (χ0v) is 15.4. The summed E-state index contributed by atoms with van der Waals surface area (Å²) in [6, 6.07) is 10.6. The zero-order chi connectivity index (χ0) is 17.5. The molecule has 0 aromatic heterocycles. The summed E-state index contributed by atoms with van der Waals surface area (Å²) >= 11 is 0. The molecule has 0 radical (unpaired) electrons. The number of para-hydroxylation sites is 1. The van der Waals surface area contributed by atoms with Crippen molar-refractivity contribution in [2.75, 3.05) is 53.0 Å². The van der Waals surface area contributed by atoms with Crippen LogP contribution in [-0.2, 0) is 4.74 Å². The molecule has 2 aliphatic heterocycles. The summed E-state index contributed by atoms with van der Waals surface area (Å²) in [5.41, 5.74) is 0. The Morgan fingerprint density at radius 3 is 2.76 bits per heavy atom. The number of rotatable bonds is 5. The summed E-state index contributed by atoms with van der Waals surface area (Å²) in [6.45, 7) is 8.71. The van der Waals surface area contributed by atoms with Crippen molar-refractivity contribution in [2.24, 2.45) is 4.99 Å².